The monoisotopic (exact) mass is 377 g/mol. The Bertz CT molecular complexity index is 1070. The summed E-state index contributed by atoms with van der Waals surface area (Å²) >= 11 is 0. The van der Waals surface area contributed by atoms with Crippen molar-refractivity contribution >= 4 is 0 Å². The van der Waals surface area contributed by atoms with Crippen molar-refractivity contribution in [3.8, 4) is 28.6 Å². The summed E-state index contributed by atoms with van der Waals surface area (Å²) in [6.07, 6.45) is 6.30. The Morgan fingerprint density at radius 1 is 1.14 bits per heavy atom. The lowest BCUT2D eigenvalue weighted by molar-refractivity contribution is 0.414. The molecule has 3 aromatic heterocycles. The molecule has 0 saturated carbocycles. The second-order valence-electron chi connectivity index (χ2n) is 6.54. The molecule has 142 valence electrons. The van der Waals surface area contributed by atoms with Gasteiger partial charge in [-0.25, -0.2) is 9.67 Å². The number of rotatable bonds is 4. The summed E-state index contributed by atoms with van der Waals surface area (Å²) in [6, 6.07) is 7.90. The second kappa shape index (κ2) is 6.89. The van der Waals surface area contributed by atoms with Crippen molar-refractivity contribution in [1.29, 1.82) is 0 Å². The fourth-order valence-corrected chi connectivity index (χ4v) is 3.41. The minimum atomic E-state index is 0.701. The van der Waals surface area contributed by atoms with E-state index in [1.807, 2.05) is 29.0 Å². The summed E-state index contributed by atoms with van der Waals surface area (Å²) in [4.78, 5) is 4.56. The SMILES string of the molecule is COc1cc(-n2cnnn2)cc(-n2ccnc2-c2cc3n(n2)CCCNC3)c1. The van der Waals surface area contributed by atoms with Gasteiger partial charge in [0, 0.05) is 37.6 Å². The number of fused-ring (bicyclic) bond motifs is 1. The smallest absolute Gasteiger partial charge is 0.165 e. The molecule has 1 N–H and O–H groups in total. The van der Waals surface area contributed by atoms with Crippen LogP contribution in [0.1, 0.15) is 12.1 Å². The zero-order valence-corrected chi connectivity index (χ0v) is 15.4. The molecule has 0 spiro atoms. The van der Waals surface area contributed by atoms with Gasteiger partial charge in [0.25, 0.3) is 0 Å². The lowest BCUT2D eigenvalue weighted by Crippen LogP contribution is -2.11. The molecule has 4 aromatic rings. The van der Waals surface area contributed by atoms with Gasteiger partial charge < -0.3 is 10.1 Å². The van der Waals surface area contributed by atoms with Crippen molar-refractivity contribution < 1.29 is 4.74 Å². The lowest BCUT2D eigenvalue weighted by Gasteiger charge is -2.11. The summed E-state index contributed by atoms with van der Waals surface area (Å²) < 4.78 is 11.1. The Hall–Kier alpha value is -3.53. The van der Waals surface area contributed by atoms with Crippen molar-refractivity contribution in [3.63, 3.8) is 0 Å². The van der Waals surface area contributed by atoms with Crippen LogP contribution < -0.4 is 10.1 Å². The van der Waals surface area contributed by atoms with Crippen LogP contribution in [-0.4, -0.2) is 53.2 Å². The minimum absolute atomic E-state index is 0.701. The number of methoxy groups -OCH3 is 1. The number of aromatic nitrogens is 8. The minimum Gasteiger partial charge on any atom is -0.497 e. The number of tetrazole rings is 1. The topological polar surface area (TPSA) is 101 Å². The Morgan fingerprint density at radius 2 is 2.07 bits per heavy atom. The Kier molecular flexibility index (Phi) is 4.09. The lowest BCUT2D eigenvalue weighted by atomic mass is 10.2. The molecule has 1 aromatic carbocycles. The molecule has 4 heterocycles. The third kappa shape index (κ3) is 2.93. The molecule has 5 rings (SSSR count). The molecule has 10 nitrogen and oxygen atoms in total. The molecule has 28 heavy (non-hydrogen) atoms. The van der Waals surface area contributed by atoms with E-state index in [0.29, 0.717) is 5.75 Å². The van der Waals surface area contributed by atoms with E-state index in [0.717, 1.165) is 48.9 Å². The summed E-state index contributed by atoms with van der Waals surface area (Å²) in [7, 11) is 1.64. The Morgan fingerprint density at radius 3 is 2.93 bits per heavy atom. The van der Waals surface area contributed by atoms with Crippen LogP contribution >= 0.6 is 0 Å². The van der Waals surface area contributed by atoms with Gasteiger partial charge in [-0.1, -0.05) is 0 Å². The summed E-state index contributed by atoms with van der Waals surface area (Å²) in [6.45, 7) is 2.74. The van der Waals surface area contributed by atoms with Crippen molar-refractivity contribution in [1.82, 2.24) is 44.9 Å². The Balaban J connectivity index is 1.59. The number of aryl methyl sites for hydroxylation is 1. The van der Waals surface area contributed by atoms with E-state index < -0.39 is 0 Å². The largest absolute Gasteiger partial charge is 0.497 e. The molecule has 0 unspecified atom stereocenters. The average Bonchev–Trinajstić information content (AvgIpc) is 3.46. The van der Waals surface area contributed by atoms with Gasteiger partial charge in [0.05, 0.1) is 24.2 Å². The third-order valence-electron chi connectivity index (χ3n) is 4.77. The van der Waals surface area contributed by atoms with E-state index in [9.17, 15) is 0 Å². The summed E-state index contributed by atoms with van der Waals surface area (Å²) in [5.74, 6) is 1.48. The Labute approximate surface area is 160 Å². The zero-order chi connectivity index (χ0) is 18.9. The van der Waals surface area contributed by atoms with Crippen molar-refractivity contribution in [2.24, 2.45) is 0 Å². The van der Waals surface area contributed by atoms with E-state index >= 15 is 0 Å². The number of hydrogen-bond donors (Lipinski definition) is 1. The van der Waals surface area contributed by atoms with Gasteiger partial charge in [-0.15, -0.1) is 5.10 Å². The van der Waals surface area contributed by atoms with Gasteiger partial charge >= 0.3 is 0 Å². The summed E-state index contributed by atoms with van der Waals surface area (Å²) in [5.41, 5.74) is 3.69. The van der Waals surface area contributed by atoms with E-state index in [2.05, 4.69) is 36.6 Å². The van der Waals surface area contributed by atoms with E-state index in [1.54, 1.807) is 24.3 Å². The summed E-state index contributed by atoms with van der Waals surface area (Å²) in [5, 5.41) is 19.6. The van der Waals surface area contributed by atoms with Crippen LogP contribution in [0.25, 0.3) is 22.9 Å². The number of nitrogens with one attached hydrogen (secondary N) is 1. The molecule has 10 heteroatoms. The van der Waals surface area contributed by atoms with Crippen LogP contribution in [0.2, 0.25) is 0 Å². The highest BCUT2D eigenvalue weighted by Crippen LogP contribution is 2.27. The maximum Gasteiger partial charge on any atom is 0.165 e. The van der Waals surface area contributed by atoms with Crippen molar-refractivity contribution in [2.75, 3.05) is 13.7 Å². The second-order valence-corrected chi connectivity index (χ2v) is 6.54. The highest BCUT2D eigenvalue weighted by molar-refractivity contribution is 5.58. The van der Waals surface area contributed by atoms with Crippen molar-refractivity contribution in [2.45, 2.75) is 19.5 Å². The number of imidazole rings is 1. The molecule has 0 amide bonds. The molecule has 0 aliphatic carbocycles. The van der Waals surface area contributed by atoms with Crippen molar-refractivity contribution in [3.05, 3.63) is 48.7 Å². The molecule has 1 aliphatic rings. The fourth-order valence-electron chi connectivity index (χ4n) is 3.41. The predicted octanol–water partition coefficient (Wildman–Crippen LogP) is 1.21. The molecule has 0 bridgehead atoms. The standard InChI is InChI=1S/C18H19N9O/c1-28-16-8-13(7-14(9-16)27-12-21-23-24-27)25-6-4-20-18(25)17-10-15-11-19-3-2-5-26(15)22-17/h4,6-10,12,19H,2-3,5,11H2,1H3. The van der Waals surface area contributed by atoms with Gasteiger partial charge in [0.15, 0.2) is 5.82 Å². The first-order chi connectivity index (χ1) is 13.8. The third-order valence-corrected chi connectivity index (χ3v) is 4.77. The maximum absolute atomic E-state index is 5.47. The van der Waals surface area contributed by atoms with Crippen LogP contribution in [0.3, 0.4) is 0 Å². The van der Waals surface area contributed by atoms with Gasteiger partial charge in [-0.2, -0.15) is 5.10 Å². The normalized spacial score (nSPS) is 13.9. The molecular weight excluding hydrogens is 358 g/mol. The molecular formula is C18H19N9O. The first-order valence-electron chi connectivity index (χ1n) is 9.06. The predicted molar refractivity (Wildman–Crippen MR) is 100 cm³/mol. The highest BCUT2D eigenvalue weighted by Gasteiger charge is 2.17. The highest BCUT2D eigenvalue weighted by atomic mass is 16.5. The first-order valence-corrected chi connectivity index (χ1v) is 9.06. The zero-order valence-electron chi connectivity index (χ0n) is 15.4. The maximum atomic E-state index is 5.47. The van der Waals surface area contributed by atoms with Gasteiger partial charge in [-0.3, -0.25) is 9.25 Å². The molecule has 0 radical (unpaired) electrons. The van der Waals surface area contributed by atoms with E-state index in [1.165, 1.54) is 5.69 Å². The van der Waals surface area contributed by atoms with E-state index in [4.69, 9.17) is 9.84 Å². The number of hydrogen-bond acceptors (Lipinski definition) is 7. The van der Waals surface area contributed by atoms with Crippen LogP contribution in [-0.2, 0) is 13.1 Å². The average molecular weight is 377 g/mol. The fraction of sp³-hybridized carbons (Fsp3) is 0.278. The molecule has 0 fully saturated rings. The number of ether oxygens (including phenoxy) is 1. The van der Waals surface area contributed by atoms with Crippen LogP contribution in [0.5, 0.6) is 5.75 Å². The van der Waals surface area contributed by atoms with Crippen LogP contribution in [0.4, 0.5) is 0 Å². The quantitative estimate of drug-likeness (QED) is 0.570. The van der Waals surface area contributed by atoms with Gasteiger partial charge in [0.2, 0.25) is 0 Å². The van der Waals surface area contributed by atoms with Crippen LogP contribution in [0.15, 0.2) is 43.0 Å². The van der Waals surface area contributed by atoms with Crippen LogP contribution in [0, 0.1) is 0 Å². The molecule has 1 aliphatic heterocycles. The number of benzene rings is 1. The number of nitrogens with zero attached hydrogens (tertiary/aromatic N) is 8. The van der Waals surface area contributed by atoms with E-state index in [-0.39, 0.29) is 0 Å². The van der Waals surface area contributed by atoms with Gasteiger partial charge in [-0.05, 0) is 35.5 Å². The molecule has 0 atom stereocenters. The first kappa shape index (κ1) is 16.6. The van der Waals surface area contributed by atoms with Gasteiger partial charge in [0.1, 0.15) is 17.8 Å². The molecule has 0 saturated heterocycles.